The van der Waals surface area contributed by atoms with Crippen molar-refractivity contribution in [3.8, 4) is 0 Å². The van der Waals surface area contributed by atoms with Crippen molar-refractivity contribution in [2.24, 2.45) is 4.99 Å². The van der Waals surface area contributed by atoms with Crippen LogP contribution in [0.2, 0.25) is 0 Å². The maximum atomic E-state index is 4.78. The number of nitrogens with one attached hydrogen (secondary N) is 2. The maximum Gasteiger partial charge on any atom is 0.191 e. The molecule has 7 heteroatoms. The standard InChI is InChI=1S/C21H37N5S.HI/c1-7-22-20(24-17-9-12-26(13-10-17)14-16(2)3)23-11-8-19-25-18(15-27-19)21(4,5)6;/h15,17H,2,7-14H2,1,3-6H3,(H2,22,23,24);1H. The predicted molar refractivity (Wildman–Crippen MR) is 133 cm³/mol. The molecule has 0 amide bonds. The van der Waals surface area contributed by atoms with E-state index in [4.69, 9.17) is 9.98 Å². The van der Waals surface area contributed by atoms with Gasteiger partial charge in [0.1, 0.15) is 0 Å². The largest absolute Gasteiger partial charge is 0.357 e. The zero-order valence-corrected chi connectivity index (χ0v) is 21.3. The minimum absolute atomic E-state index is 0. The number of thiazole rings is 1. The summed E-state index contributed by atoms with van der Waals surface area (Å²) in [7, 11) is 0. The lowest BCUT2D eigenvalue weighted by Gasteiger charge is -2.33. The van der Waals surface area contributed by atoms with Crippen LogP contribution in [0.1, 0.15) is 58.2 Å². The van der Waals surface area contributed by atoms with Crippen molar-refractivity contribution in [1.29, 1.82) is 0 Å². The molecule has 0 radical (unpaired) electrons. The molecule has 2 rings (SSSR count). The van der Waals surface area contributed by atoms with E-state index in [1.807, 2.05) is 0 Å². The van der Waals surface area contributed by atoms with Gasteiger partial charge >= 0.3 is 0 Å². The van der Waals surface area contributed by atoms with Crippen LogP contribution in [0.25, 0.3) is 0 Å². The third-order valence-electron chi connectivity index (χ3n) is 4.68. The van der Waals surface area contributed by atoms with Gasteiger partial charge in [-0.05, 0) is 26.7 Å². The molecule has 28 heavy (non-hydrogen) atoms. The number of nitrogens with zero attached hydrogens (tertiary/aromatic N) is 3. The van der Waals surface area contributed by atoms with Crippen molar-refractivity contribution in [3.63, 3.8) is 0 Å². The van der Waals surface area contributed by atoms with E-state index in [0.717, 1.165) is 57.9 Å². The second-order valence-corrected chi connectivity index (χ2v) is 9.48. The highest BCUT2D eigenvalue weighted by Crippen LogP contribution is 2.24. The first-order valence-electron chi connectivity index (χ1n) is 10.1. The van der Waals surface area contributed by atoms with Crippen LogP contribution in [-0.2, 0) is 11.8 Å². The Balaban J connectivity index is 0.00000392. The Kier molecular flexibility index (Phi) is 11.0. The summed E-state index contributed by atoms with van der Waals surface area (Å²) in [5.74, 6) is 0.934. The molecular formula is C21H38IN5S. The van der Waals surface area contributed by atoms with Gasteiger partial charge in [-0.25, -0.2) is 4.98 Å². The van der Waals surface area contributed by atoms with E-state index in [1.54, 1.807) is 11.3 Å². The fraction of sp³-hybridized carbons (Fsp3) is 0.714. The lowest BCUT2D eigenvalue weighted by atomic mass is 9.93. The van der Waals surface area contributed by atoms with Crippen molar-refractivity contribution >= 4 is 41.3 Å². The second-order valence-electron chi connectivity index (χ2n) is 8.54. The van der Waals surface area contributed by atoms with E-state index in [2.05, 4.69) is 62.1 Å². The Morgan fingerprint density at radius 2 is 2.04 bits per heavy atom. The summed E-state index contributed by atoms with van der Waals surface area (Å²) in [6.45, 7) is 19.8. The van der Waals surface area contributed by atoms with Gasteiger partial charge in [0.05, 0.1) is 10.7 Å². The van der Waals surface area contributed by atoms with Crippen LogP contribution in [0.5, 0.6) is 0 Å². The van der Waals surface area contributed by atoms with Crippen molar-refractivity contribution in [1.82, 2.24) is 20.5 Å². The minimum Gasteiger partial charge on any atom is -0.357 e. The van der Waals surface area contributed by atoms with E-state index in [-0.39, 0.29) is 29.4 Å². The van der Waals surface area contributed by atoms with Gasteiger partial charge in [0.25, 0.3) is 0 Å². The molecule has 5 nitrogen and oxygen atoms in total. The second kappa shape index (κ2) is 12.1. The van der Waals surface area contributed by atoms with Gasteiger partial charge in [-0.2, -0.15) is 0 Å². The molecule has 0 saturated carbocycles. The molecule has 0 spiro atoms. The lowest BCUT2D eigenvalue weighted by Crippen LogP contribution is -2.48. The molecule has 0 atom stereocenters. The molecule has 0 aliphatic carbocycles. The third kappa shape index (κ3) is 8.78. The van der Waals surface area contributed by atoms with Gasteiger partial charge in [-0.3, -0.25) is 9.89 Å². The quantitative estimate of drug-likeness (QED) is 0.246. The van der Waals surface area contributed by atoms with Gasteiger partial charge in [0, 0.05) is 56.0 Å². The number of piperidine rings is 1. The van der Waals surface area contributed by atoms with Gasteiger partial charge in [0.15, 0.2) is 5.96 Å². The SMILES string of the molecule is C=C(C)CN1CCC(NC(=NCCc2nc(C(C)(C)C)cs2)NCC)CC1.I. The molecule has 1 saturated heterocycles. The third-order valence-corrected chi connectivity index (χ3v) is 5.59. The van der Waals surface area contributed by atoms with Gasteiger partial charge in [-0.15, -0.1) is 35.3 Å². The molecule has 1 aromatic rings. The smallest absolute Gasteiger partial charge is 0.191 e. The zero-order chi connectivity index (χ0) is 19.9. The summed E-state index contributed by atoms with van der Waals surface area (Å²) < 4.78 is 0. The highest BCUT2D eigenvalue weighted by Gasteiger charge is 2.20. The average Bonchev–Trinajstić information content (AvgIpc) is 3.05. The molecule has 0 aromatic carbocycles. The van der Waals surface area contributed by atoms with Crippen LogP contribution in [0.3, 0.4) is 0 Å². The van der Waals surface area contributed by atoms with Crippen LogP contribution in [0.4, 0.5) is 0 Å². The van der Waals surface area contributed by atoms with Crippen molar-refractivity contribution in [2.75, 3.05) is 32.7 Å². The molecule has 0 unspecified atom stereocenters. The van der Waals surface area contributed by atoms with E-state index in [0.29, 0.717) is 6.04 Å². The summed E-state index contributed by atoms with van der Waals surface area (Å²) in [6.07, 6.45) is 3.20. The lowest BCUT2D eigenvalue weighted by molar-refractivity contribution is 0.221. The number of aliphatic imine (C=N–C) groups is 1. The normalized spacial score (nSPS) is 16.5. The van der Waals surface area contributed by atoms with Crippen LogP contribution in [0.15, 0.2) is 22.5 Å². The molecule has 2 N–H and O–H groups in total. The zero-order valence-electron chi connectivity index (χ0n) is 18.2. The summed E-state index contributed by atoms with van der Waals surface area (Å²) in [4.78, 5) is 12.0. The molecule has 0 bridgehead atoms. The number of guanidine groups is 1. The average molecular weight is 520 g/mol. The number of hydrogen-bond donors (Lipinski definition) is 2. The van der Waals surface area contributed by atoms with Crippen LogP contribution >= 0.6 is 35.3 Å². The molecule has 2 heterocycles. The van der Waals surface area contributed by atoms with E-state index in [9.17, 15) is 0 Å². The Morgan fingerprint density at radius 1 is 1.36 bits per heavy atom. The Labute approximate surface area is 192 Å². The fourth-order valence-electron chi connectivity index (χ4n) is 3.16. The van der Waals surface area contributed by atoms with Gasteiger partial charge in [0.2, 0.25) is 0 Å². The monoisotopic (exact) mass is 519 g/mol. The number of rotatable bonds is 7. The highest BCUT2D eigenvalue weighted by atomic mass is 127. The van der Waals surface area contributed by atoms with E-state index >= 15 is 0 Å². The van der Waals surface area contributed by atoms with E-state index < -0.39 is 0 Å². The van der Waals surface area contributed by atoms with Crippen molar-refractivity contribution < 1.29 is 0 Å². The highest BCUT2D eigenvalue weighted by molar-refractivity contribution is 14.0. The predicted octanol–water partition coefficient (Wildman–Crippen LogP) is 4.20. The van der Waals surface area contributed by atoms with Crippen molar-refractivity contribution in [3.05, 3.63) is 28.2 Å². The molecule has 160 valence electrons. The minimum atomic E-state index is 0. The molecule has 1 aromatic heterocycles. The summed E-state index contributed by atoms with van der Waals surface area (Å²) in [5, 5.41) is 10.4. The first kappa shape index (κ1) is 25.4. The Morgan fingerprint density at radius 3 is 2.57 bits per heavy atom. The fourth-order valence-corrected chi connectivity index (χ4v) is 4.18. The first-order valence-corrected chi connectivity index (χ1v) is 11.0. The molecule has 1 aliphatic heterocycles. The maximum absolute atomic E-state index is 4.78. The van der Waals surface area contributed by atoms with Gasteiger partial charge < -0.3 is 10.6 Å². The summed E-state index contributed by atoms with van der Waals surface area (Å²) in [6, 6.07) is 0.497. The van der Waals surface area contributed by atoms with Crippen LogP contribution in [0, 0.1) is 0 Å². The van der Waals surface area contributed by atoms with Gasteiger partial charge in [-0.1, -0.05) is 32.9 Å². The molecule has 1 fully saturated rings. The number of hydrogen-bond acceptors (Lipinski definition) is 4. The Hall–Kier alpha value is -0.670. The van der Waals surface area contributed by atoms with Crippen molar-refractivity contribution in [2.45, 2.75) is 65.3 Å². The molecular weight excluding hydrogens is 481 g/mol. The number of halogens is 1. The van der Waals surface area contributed by atoms with Crippen LogP contribution < -0.4 is 10.6 Å². The van der Waals surface area contributed by atoms with E-state index in [1.165, 1.54) is 16.3 Å². The number of aromatic nitrogens is 1. The van der Waals surface area contributed by atoms with Crippen LogP contribution in [-0.4, -0.2) is 54.6 Å². The Bertz CT molecular complexity index is 627. The summed E-state index contributed by atoms with van der Waals surface area (Å²) >= 11 is 1.75. The molecule has 1 aliphatic rings. The summed E-state index contributed by atoms with van der Waals surface area (Å²) in [5.41, 5.74) is 2.54. The topological polar surface area (TPSA) is 52.5 Å². The number of likely N-dealkylation sites (tertiary alicyclic amines) is 1. The first-order chi connectivity index (χ1) is 12.8.